The fourth-order valence-corrected chi connectivity index (χ4v) is 8.96. The molecule has 0 amide bonds. The van der Waals surface area contributed by atoms with Gasteiger partial charge in [-0.2, -0.15) is 4.98 Å². The summed E-state index contributed by atoms with van der Waals surface area (Å²) >= 11 is 0. The Hall–Kier alpha value is -4.62. The molecule has 3 aliphatic rings. The van der Waals surface area contributed by atoms with E-state index in [-0.39, 0.29) is 43.3 Å². The van der Waals surface area contributed by atoms with Gasteiger partial charge in [0.1, 0.15) is 12.2 Å². The zero-order valence-electron chi connectivity index (χ0n) is 41.8. The lowest BCUT2D eigenvalue weighted by Crippen LogP contribution is -2.61. The van der Waals surface area contributed by atoms with Gasteiger partial charge in [0, 0.05) is 55.5 Å². The van der Waals surface area contributed by atoms with Crippen LogP contribution in [0.25, 0.3) is 11.4 Å². The van der Waals surface area contributed by atoms with E-state index in [1.54, 1.807) is 87.8 Å². The van der Waals surface area contributed by atoms with Crippen LogP contribution in [0.2, 0.25) is 0 Å². The molecule has 3 aliphatic heterocycles. The highest BCUT2D eigenvalue weighted by Gasteiger charge is 2.51. The van der Waals surface area contributed by atoms with Crippen LogP contribution in [0.1, 0.15) is 90.9 Å². The molecule has 2 saturated heterocycles. The van der Waals surface area contributed by atoms with Crippen molar-refractivity contribution in [2.24, 2.45) is 17.6 Å². The molecule has 5 heterocycles. The van der Waals surface area contributed by atoms with Crippen LogP contribution < -0.4 is 5.73 Å². The number of carbonyl (C=O) groups is 1. The molecule has 2 aromatic rings. The Morgan fingerprint density at radius 2 is 1.29 bits per heavy atom. The maximum atomic E-state index is 12.7. The number of hydrogen-bond acceptors (Lipinski definition) is 20. The summed E-state index contributed by atoms with van der Waals surface area (Å²) < 4.78 is 29.7. The monoisotopic (exact) mass is 1020 g/mol. The molecule has 20 heteroatoms. The molecule has 404 valence electrons. The van der Waals surface area contributed by atoms with Crippen molar-refractivity contribution < 1.29 is 79.3 Å². The lowest BCUT2D eigenvalue weighted by Gasteiger charge is -2.45. The van der Waals surface area contributed by atoms with Crippen molar-refractivity contribution in [2.75, 3.05) is 0 Å². The lowest BCUT2D eigenvalue weighted by molar-refractivity contribution is -0.303. The molecular formula is C53H76N4O16. The predicted molar refractivity (Wildman–Crippen MR) is 266 cm³/mol. The number of allylic oxidation sites excluding steroid dienone is 12. The van der Waals surface area contributed by atoms with Gasteiger partial charge in [-0.1, -0.05) is 104 Å². The molecular weight excluding hydrogens is 949 g/mol. The molecule has 2 aromatic heterocycles. The molecule has 0 spiro atoms. The fraction of sp³-hybridized carbons (Fsp3) is 0.585. The van der Waals surface area contributed by atoms with E-state index in [0.717, 1.165) is 0 Å². The number of pyridine rings is 1. The molecule has 73 heavy (non-hydrogen) atoms. The molecule has 0 aromatic carbocycles. The second kappa shape index (κ2) is 28.9. The lowest BCUT2D eigenvalue weighted by atomic mass is 9.82. The third-order valence-electron chi connectivity index (χ3n) is 13.4. The molecule has 1 unspecified atom stereocenters. The van der Waals surface area contributed by atoms with Crippen LogP contribution in [0.5, 0.6) is 0 Å². The third-order valence-corrected chi connectivity index (χ3v) is 13.4. The van der Waals surface area contributed by atoms with Gasteiger partial charge in [0.15, 0.2) is 12.1 Å². The second-order valence-electron chi connectivity index (χ2n) is 19.4. The number of fused-ring (bicyclic) bond motifs is 2. The Labute approximate surface area is 426 Å². The number of rotatable bonds is 4. The van der Waals surface area contributed by atoms with Gasteiger partial charge in [0.25, 0.3) is 0 Å². The largest absolute Gasteiger partial charge is 0.462 e. The van der Waals surface area contributed by atoms with Crippen LogP contribution in [0, 0.1) is 11.8 Å². The summed E-state index contributed by atoms with van der Waals surface area (Å²) in [5.41, 5.74) is 6.72. The van der Waals surface area contributed by atoms with Gasteiger partial charge in [-0.05, 0) is 45.2 Å². The first-order valence-electron chi connectivity index (χ1n) is 25.0. The molecule has 0 saturated carbocycles. The van der Waals surface area contributed by atoms with Crippen molar-refractivity contribution >= 4 is 5.97 Å². The minimum Gasteiger partial charge on any atom is -0.462 e. The highest BCUT2D eigenvalue weighted by molar-refractivity contribution is 5.70. The molecule has 2 fully saturated rings. The first-order valence-corrected chi connectivity index (χ1v) is 25.0. The SMILES string of the molecule is CC1/C=C/C=C/C=C/C=C/C=C/C=C/C=C/[C@H](O[C@@H]2O[C@H](C)[C@@H](O)[C@H](N)[C@@H]2O)C[C@@H]2O[C@](O)(C[C@@H](O)C[C@@H](O)[C@H](O)CC[C@@H](O)C[C@@H](O)CC(=O)O[C@@H](C)[C@H](C)[C@@H]1O)C[C@H](O)[C@H]2c1nc(-c2ccncc2)no1. The van der Waals surface area contributed by atoms with E-state index in [9.17, 15) is 55.9 Å². The average molecular weight is 1030 g/mol. The molecule has 19 atom stereocenters. The third kappa shape index (κ3) is 18.3. The molecule has 0 aliphatic carbocycles. The maximum Gasteiger partial charge on any atom is 0.308 e. The normalized spacial score (nSPS) is 41.8. The van der Waals surface area contributed by atoms with Gasteiger partial charge in [0.05, 0.1) is 85.5 Å². The Morgan fingerprint density at radius 3 is 1.93 bits per heavy atom. The number of aromatic nitrogens is 3. The summed E-state index contributed by atoms with van der Waals surface area (Å²) in [4.78, 5) is 21.3. The summed E-state index contributed by atoms with van der Waals surface area (Å²) in [5.74, 6) is -4.65. The number of aliphatic hydroxyl groups excluding tert-OH is 9. The zero-order chi connectivity index (χ0) is 53.2. The summed E-state index contributed by atoms with van der Waals surface area (Å²) in [6.45, 7) is 6.82. The molecule has 2 bridgehead atoms. The number of hydrogen-bond donors (Lipinski definition) is 11. The molecule has 0 radical (unpaired) electrons. The van der Waals surface area contributed by atoms with Gasteiger partial charge < -0.3 is 80.3 Å². The molecule has 5 rings (SSSR count). The number of nitrogens with two attached hydrogens (primary N) is 1. The smallest absolute Gasteiger partial charge is 0.308 e. The number of nitrogens with zero attached hydrogens (tertiary/aromatic N) is 3. The number of aliphatic hydroxyl groups is 10. The first kappa shape index (κ1) is 59.3. The van der Waals surface area contributed by atoms with E-state index in [0.29, 0.717) is 5.56 Å². The topological polar surface area (TPSA) is 334 Å². The minimum absolute atomic E-state index is 0.0454. The summed E-state index contributed by atoms with van der Waals surface area (Å²) in [5, 5.41) is 115. The van der Waals surface area contributed by atoms with Crippen LogP contribution in [-0.4, -0.2) is 170 Å². The van der Waals surface area contributed by atoms with Gasteiger partial charge in [-0.25, -0.2) is 0 Å². The van der Waals surface area contributed by atoms with Crippen molar-refractivity contribution in [3.05, 3.63) is 115 Å². The highest BCUT2D eigenvalue weighted by Crippen LogP contribution is 2.42. The van der Waals surface area contributed by atoms with Crippen LogP contribution in [-0.2, 0) is 23.7 Å². The zero-order valence-corrected chi connectivity index (χ0v) is 41.8. The van der Waals surface area contributed by atoms with Gasteiger partial charge >= 0.3 is 5.97 Å². The maximum absolute atomic E-state index is 12.7. The van der Waals surface area contributed by atoms with E-state index in [2.05, 4.69) is 15.1 Å². The average Bonchev–Trinajstić information content (AvgIpc) is 3.82. The minimum atomic E-state index is -2.24. The van der Waals surface area contributed by atoms with Crippen molar-refractivity contribution in [3.63, 3.8) is 0 Å². The van der Waals surface area contributed by atoms with Gasteiger partial charge in [-0.3, -0.25) is 9.78 Å². The Morgan fingerprint density at radius 1 is 0.671 bits per heavy atom. The first-order chi connectivity index (χ1) is 34.7. The van der Waals surface area contributed by atoms with E-state index in [1.807, 2.05) is 49.5 Å². The van der Waals surface area contributed by atoms with Gasteiger partial charge in [-0.15, -0.1) is 0 Å². The van der Waals surface area contributed by atoms with Crippen molar-refractivity contribution in [1.29, 1.82) is 0 Å². The van der Waals surface area contributed by atoms with Crippen molar-refractivity contribution in [2.45, 2.75) is 182 Å². The van der Waals surface area contributed by atoms with Crippen LogP contribution in [0.4, 0.5) is 0 Å². The summed E-state index contributed by atoms with van der Waals surface area (Å²) in [7, 11) is 0. The van der Waals surface area contributed by atoms with E-state index >= 15 is 0 Å². The van der Waals surface area contributed by atoms with E-state index in [1.165, 1.54) is 0 Å². The highest BCUT2D eigenvalue weighted by atomic mass is 16.7. The predicted octanol–water partition coefficient (Wildman–Crippen LogP) is 2.24. The Bertz CT molecular complexity index is 2190. The number of carbonyl (C=O) groups excluding carboxylic acids is 1. The van der Waals surface area contributed by atoms with E-state index < -0.39 is 141 Å². The Balaban J connectivity index is 1.41. The second-order valence-corrected chi connectivity index (χ2v) is 19.4. The number of cyclic esters (lactones) is 1. The van der Waals surface area contributed by atoms with Gasteiger partial charge in [0.2, 0.25) is 11.7 Å². The van der Waals surface area contributed by atoms with Crippen LogP contribution in [0.3, 0.4) is 0 Å². The molecule has 12 N–H and O–H groups in total. The number of ether oxygens (including phenoxy) is 4. The quantitative estimate of drug-likeness (QED) is 0.196. The van der Waals surface area contributed by atoms with E-state index in [4.69, 9.17) is 29.2 Å². The summed E-state index contributed by atoms with van der Waals surface area (Å²) in [6.07, 6.45) is 8.48. The van der Waals surface area contributed by atoms with Crippen LogP contribution in [0.15, 0.2) is 114 Å². The standard InChI is InChI=1S/C53H76N4O16/c1-31-17-15-13-11-9-7-5-6-8-10-12-14-16-18-39(71-52-49(67)46(54)48(66)34(4)70-52)28-43-45(51-56-50(57-73-51)35-21-23-55-24-22-35)42(63)30-53(68,72-43)29-38(60)26-41(62)40(61)20-19-36(58)25-37(59)27-44(64)69-33(3)32(2)47(31)65/h5-18,21-24,31-34,36-43,45-49,52,58-63,65-68H,19-20,25-30,54H2,1-4H3/b6-5+,9-7+,10-8+,13-11+,14-12+,17-15+,18-16+/t31?,32-,33-,34+,36+,37+,38-,39-,40+,41+,42-,43-,45+,46-,47+,48+,49-,52-,53+/m0/s1. The number of esters is 1. The fourth-order valence-electron chi connectivity index (χ4n) is 8.96. The Kier molecular flexibility index (Phi) is 23.4. The molecule has 20 nitrogen and oxygen atoms in total. The van der Waals surface area contributed by atoms with Crippen LogP contribution >= 0.6 is 0 Å². The van der Waals surface area contributed by atoms with Crippen molar-refractivity contribution in [3.8, 4) is 11.4 Å². The van der Waals surface area contributed by atoms with Crippen molar-refractivity contribution in [1.82, 2.24) is 15.1 Å². The summed E-state index contributed by atoms with van der Waals surface area (Å²) in [6, 6.07) is 2.21.